The molecule has 1 aliphatic heterocycles. The van der Waals surface area contributed by atoms with E-state index in [0.717, 1.165) is 6.42 Å². The quantitative estimate of drug-likeness (QED) is 0.332. The maximum Gasteiger partial charge on any atom is 0.370 e. The third-order valence-electron chi connectivity index (χ3n) is 3.73. The molecule has 1 heterocycles. The number of nitrogens with zero attached hydrogens (tertiary/aromatic N) is 2. The van der Waals surface area contributed by atoms with Crippen molar-refractivity contribution in [2.45, 2.75) is 50.6 Å². The van der Waals surface area contributed by atoms with E-state index in [-0.39, 0.29) is 5.41 Å². The Morgan fingerprint density at radius 3 is 2.53 bits per heavy atom. The van der Waals surface area contributed by atoms with Crippen LogP contribution in [0.4, 0.5) is 0 Å². The molecule has 2 aliphatic rings. The topological polar surface area (TPSA) is 89.0 Å². The summed E-state index contributed by atoms with van der Waals surface area (Å²) in [6, 6.07) is 0. The van der Waals surface area contributed by atoms with Crippen LogP contribution in [0.2, 0.25) is 0 Å². The van der Waals surface area contributed by atoms with Crippen molar-refractivity contribution in [1.29, 1.82) is 0 Å². The van der Waals surface area contributed by atoms with Gasteiger partial charge in [0.15, 0.2) is 5.79 Å². The SMILES string of the molecule is CC1(C)COC2(CCCC(S(=O)(=O)C=[N+]=[N-])C2)OC1. The Morgan fingerprint density at radius 2 is 1.95 bits per heavy atom. The summed E-state index contributed by atoms with van der Waals surface area (Å²) < 4.78 is 35.5. The second-order valence-electron chi connectivity index (χ2n) is 6.18. The van der Waals surface area contributed by atoms with Crippen LogP contribution in [-0.4, -0.2) is 43.0 Å². The Bertz CT molecular complexity index is 484. The zero-order valence-corrected chi connectivity index (χ0v) is 12.1. The zero-order valence-electron chi connectivity index (χ0n) is 11.3. The minimum atomic E-state index is -3.54. The van der Waals surface area contributed by atoms with Gasteiger partial charge in [-0.15, -0.1) is 0 Å². The first-order chi connectivity index (χ1) is 8.79. The molecule has 19 heavy (non-hydrogen) atoms. The molecule has 6 nitrogen and oxygen atoms in total. The predicted molar refractivity (Wildman–Crippen MR) is 69.3 cm³/mol. The van der Waals surface area contributed by atoms with Crippen molar-refractivity contribution in [1.82, 2.24) is 0 Å². The highest BCUT2D eigenvalue weighted by Gasteiger charge is 2.47. The minimum Gasteiger partial charge on any atom is -0.361 e. The van der Waals surface area contributed by atoms with Crippen molar-refractivity contribution in [3.63, 3.8) is 0 Å². The molecule has 1 aliphatic carbocycles. The van der Waals surface area contributed by atoms with Gasteiger partial charge in [0.2, 0.25) is 9.84 Å². The summed E-state index contributed by atoms with van der Waals surface area (Å²) in [7, 11) is -3.54. The number of rotatable bonds is 2. The maximum absolute atomic E-state index is 11.9. The van der Waals surface area contributed by atoms with Gasteiger partial charge in [-0.05, 0) is 12.8 Å². The van der Waals surface area contributed by atoms with Crippen LogP contribution in [0.15, 0.2) is 0 Å². The second kappa shape index (κ2) is 4.98. The summed E-state index contributed by atoms with van der Waals surface area (Å²) in [6.07, 6.45) is 2.29. The first-order valence-electron chi connectivity index (χ1n) is 6.48. The van der Waals surface area contributed by atoms with Gasteiger partial charge in [0, 0.05) is 18.3 Å². The fraction of sp³-hybridized carbons (Fsp3) is 0.917. The van der Waals surface area contributed by atoms with Crippen LogP contribution >= 0.6 is 0 Å². The molecule has 108 valence electrons. The molecule has 0 aromatic heterocycles. The molecule has 0 amide bonds. The molecule has 0 bridgehead atoms. The summed E-state index contributed by atoms with van der Waals surface area (Å²) in [5, 5.41) is -0.599. The van der Waals surface area contributed by atoms with Crippen LogP contribution in [0, 0.1) is 5.41 Å². The fourth-order valence-electron chi connectivity index (χ4n) is 2.58. The zero-order chi connectivity index (χ0) is 14.1. The predicted octanol–water partition coefficient (Wildman–Crippen LogP) is 1.37. The summed E-state index contributed by atoms with van der Waals surface area (Å²) in [5.41, 5.74) is 9.01. The van der Waals surface area contributed by atoms with Crippen LogP contribution in [0.25, 0.3) is 5.53 Å². The van der Waals surface area contributed by atoms with E-state index < -0.39 is 20.9 Å². The number of ether oxygens (including phenoxy) is 2. The molecule has 7 heteroatoms. The molecular weight excluding hydrogens is 268 g/mol. The highest BCUT2D eigenvalue weighted by Crippen LogP contribution is 2.40. The van der Waals surface area contributed by atoms with Crippen LogP contribution in [0.1, 0.15) is 39.5 Å². The molecule has 2 rings (SSSR count). The monoisotopic (exact) mass is 288 g/mol. The average Bonchev–Trinajstić information content (AvgIpc) is 2.34. The standard InChI is InChI=1S/C12H20N2O4S/c1-11(2)7-17-12(18-8-11)5-3-4-10(6-12)19(15,16)9-14-13/h9-10H,3-8H2,1-2H3. The molecule has 1 spiro atoms. The highest BCUT2D eigenvalue weighted by atomic mass is 32.2. The normalized spacial score (nSPS) is 29.7. The molecule has 0 N–H and O–H groups in total. The molecule has 0 aromatic carbocycles. The van der Waals surface area contributed by atoms with E-state index in [9.17, 15) is 8.42 Å². The maximum atomic E-state index is 11.9. The smallest absolute Gasteiger partial charge is 0.361 e. The molecule has 1 saturated heterocycles. The number of sulfone groups is 1. The van der Waals surface area contributed by atoms with E-state index in [4.69, 9.17) is 15.0 Å². The molecular formula is C12H20N2O4S. The molecule has 0 aromatic rings. The number of hydrogen-bond acceptors (Lipinski definition) is 4. The third kappa shape index (κ3) is 3.23. The van der Waals surface area contributed by atoms with Crippen molar-refractivity contribution in [3.05, 3.63) is 5.53 Å². The van der Waals surface area contributed by atoms with Gasteiger partial charge in [0.05, 0.1) is 18.5 Å². The number of hydrogen-bond donors (Lipinski definition) is 0. The lowest BCUT2D eigenvalue weighted by molar-refractivity contribution is -0.309. The van der Waals surface area contributed by atoms with Crippen LogP contribution in [0.5, 0.6) is 0 Å². The lowest BCUT2D eigenvalue weighted by atomic mass is 9.89. The highest BCUT2D eigenvalue weighted by molar-refractivity contribution is 8.04. The van der Waals surface area contributed by atoms with E-state index in [0.29, 0.717) is 38.0 Å². The van der Waals surface area contributed by atoms with Gasteiger partial charge >= 0.3 is 5.55 Å². The molecule has 1 saturated carbocycles. The third-order valence-corrected chi connectivity index (χ3v) is 5.45. The van der Waals surface area contributed by atoms with E-state index in [2.05, 4.69) is 18.6 Å². The van der Waals surface area contributed by atoms with Crippen molar-refractivity contribution < 1.29 is 22.7 Å². The van der Waals surface area contributed by atoms with Gasteiger partial charge in [-0.3, -0.25) is 0 Å². The van der Waals surface area contributed by atoms with E-state index in [1.165, 1.54) is 0 Å². The van der Waals surface area contributed by atoms with Crippen molar-refractivity contribution in [3.8, 4) is 0 Å². The van der Waals surface area contributed by atoms with Gasteiger partial charge in [-0.2, -0.15) is 4.79 Å². The van der Waals surface area contributed by atoms with E-state index in [1.54, 1.807) is 0 Å². The Kier molecular flexibility index (Phi) is 3.84. The Morgan fingerprint density at radius 1 is 1.32 bits per heavy atom. The lowest BCUT2D eigenvalue weighted by Crippen LogP contribution is -2.52. The Balaban J connectivity index is 2.12. The van der Waals surface area contributed by atoms with Crippen LogP contribution in [-0.2, 0) is 19.3 Å². The first-order valence-corrected chi connectivity index (χ1v) is 8.09. The fourth-order valence-corrected chi connectivity index (χ4v) is 3.87. The molecule has 1 unspecified atom stereocenters. The van der Waals surface area contributed by atoms with Gasteiger partial charge in [-0.1, -0.05) is 13.8 Å². The van der Waals surface area contributed by atoms with Crippen molar-refractivity contribution in [2.24, 2.45) is 5.41 Å². The Labute approximate surface area is 113 Å². The molecule has 2 fully saturated rings. The van der Waals surface area contributed by atoms with Gasteiger partial charge in [0.1, 0.15) is 0 Å². The van der Waals surface area contributed by atoms with Crippen LogP contribution in [0.3, 0.4) is 0 Å². The van der Waals surface area contributed by atoms with Crippen LogP contribution < -0.4 is 0 Å². The summed E-state index contributed by atoms with van der Waals surface area (Å²) in [6.45, 7) is 5.23. The van der Waals surface area contributed by atoms with Gasteiger partial charge < -0.3 is 15.0 Å². The molecule has 1 atom stereocenters. The molecule has 0 radical (unpaired) electrons. The van der Waals surface area contributed by atoms with Crippen molar-refractivity contribution >= 4 is 15.4 Å². The van der Waals surface area contributed by atoms with E-state index in [1.807, 2.05) is 0 Å². The average molecular weight is 288 g/mol. The second-order valence-corrected chi connectivity index (χ2v) is 8.24. The van der Waals surface area contributed by atoms with E-state index >= 15 is 0 Å². The first kappa shape index (κ1) is 14.7. The largest absolute Gasteiger partial charge is 0.370 e. The summed E-state index contributed by atoms with van der Waals surface area (Å²) in [4.78, 5) is 2.64. The Hall–Kier alpha value is -0.750. The van der Waals surface area contributed by atoms with Crippen molar-refractivity contribution in [2.75, 3.05) is 13.2 Å². The summed E-state index contributed by atoms with van der Waals surface area (Å²) >= 11 is 0. The lowest BCUT2D eigenvalue weighted by Gasteiger charge is -2.46. The van der Waals surface area contributed by atoms with Gasteiger partial charge in [-0.25, -0.2) is 8.42 Å². The summed E-state index contributed by atoms with van der Waals surface area (Å²) in [5.74, 6) is -0.783. The minimum absolute atomic E-state index is 0.0381. The van der Waals surface area contributed by atoms with Gasteiger partial charge in [0.25, 0.3) is 0 Å².